The van der Waals surface area contributed by atoms with Crippen LogP contribution in [0.2, 0.25) is 0 Å². The van der Waals surface area contributed by atoms with Gasteiger partial charge < -0.3 is 10.2 Å². The van der Waals surface area contributed by atoms with E-state index in [-0.39, 0.29) is 22.8 Å². The smallest absolute Gasteiger partial charge is 0.122 e. The summed E-state index contributed by atoms with van der Waals surface area (Å²) in [4.78, 5) is 0. The molecule has 1 aliphatic rings. The Labute approximate surface area is 83.0 Å². The summed E-state index contributed by atoms with van der Waals surface area (Å²) in [6.07, 6.45) is 2.34. The molecule has 0 radical (unpaired) electrons. The maximum Gasteiger partial charge on any atom is 0.122 e. The second-order valence-corrected chi connectivity index (χ2v) is 2.56. The molecule has 0 unspecified atom stereocenters. The van der Waals surface area contributed by atoms with Crippen LogP contribution in [0.1, 0.15) is 12.0 Å². The first-order valence-corrected chi connectivity index (χ1v) is 3.67. The maximum absolute atomic E-state index is 5.42. The Morgan fingerprint density at radius 1 is 1.17 bits per heavy atom. The van der Waals surface area contributed by atoms with Crippen LogP contribution >= 0.6 is 0 Å². The Balaban J connectivity index is 0.000000605. The summed E-state index contributed by atoms with van der Waals surface area (Å²) in [6, 6.07) is 8.25. The molecule has 1 aliphatic heterocycles. The quantitative estimate of drug-likeness (QED) is 0.625. The van der Waals surface area contributed by atoms with Crippen molar-refractivity contribution in [1.82, 2.24) is 0 Å². The van der Waals surface area contributed by atoms with Crippen LogP contribution in [0.4, 0.5) is 0 Å². The van der Waals surface area contributed by atoms with Crippen molar-refractivity contribution < 1.29 is 27.6 Å². The molecule has 0 saturated carbocycles. The van der Waals surface area contributed by atoms with Crippen molar-refractivity contribution in [2.75, 3.05) is 6.61 Å². The number of para-hydroxylation sites is 1. The van der Waals surface area contributed by atoms with Crippen molar-refractivity contribution in [2.45, 2.75) is 12.8 Å². The Kier molecular flexibility index (Phi) is 5.00. The molecule has 0 amide bonds. The Bertz CT molecular complexity index is 213. The van der Waals surface area contributed by atoms with Crippen molar-refractivity contribution >= 4 is 0 Å². The molecule has 0 aliphatic carbocycles. The first kappa shape index (κ1) is 11.5. The minimum absolute atomic E-state index is 0. The van der Waals surface area contributed by atoms with Crippen LogP contribution in [0.3, 0.4) is 0 Å². The van der Waals surface area contributed by atoms with Gasteiger partial charge in [-0.25, -0.2) is 0 Å². The molecular formula is C9H12CrO2. The first-order chi connectivity index (χ1) is 4.97. The van der Waals surface area contributed by atoms with E-state index >= 15 is 0 Å². The van der Waals surface area contributed by atoms with E-state index in [0.717, 1.165) is 18.8 Å². The number of aryl methyl sites for hydroxylation is 1. The van der Waals surface area contributed by atoms with Crippen molar-refractivity contribution in [3.63, 3.8) is 0 Å². The van der Waals surface area contributed by atoms with Gasteiger partial charge in [-0.05, 0) is 24.5 Å². The van der Waals surface area contributed by atoms with Crippen molar-refractivity contribution in [3.8, 4) is 5.75 Å². The van der Waals surface area contributed by atoms with Gasteiger partial charge in [0.05, 0.1) is 6.61 Å². The fraction of sp³-hybridized carbons (Fsp3) is 0.333. The predicted octanol–water partition coefficient (Wildman–Crippen LogP) is 1.18. The molecule has 0 fully saturated rings. The molecule has 0 atom stereocenters. The van der Waals surface area contributed by atoms with E-state index in [0.29, 0.717) is 0 Å². The summed E-state index contributed by atoms with van der Waals surface area (Å²) in [6.45, 7) is 0.886. The maximum atomic E-state index is 5.42. The second kappa shape index (κ2) is 5.21. The van der Waals surface area contributed by atoms with Gasteiger partial charge in [0.25, 0.3) is 0 Å². The minimum Gasteiger partial charge on any atom is -0.493 e. The third-order valence-electron chi connectivity index (χ3n) is 1.82. The zero-order valence-electron chi connectivity index (χ0n) is 6.75. The van der Waals surface area contributed by atoms with Crippen molar-refractivity contribution in [1.29, 1.82) is 0 Å². The molecule has 3 heteroatoms. The summed E-state index contributed by atoms with van der Waals surface area (Å²) < 4.78 is 5.42. The van der Waals surface area contributed by atoms with E-state index in [1.807, 2.05) is 12.1 Å². The molecule has 2 rings (SSSR count). The van der Waals surface area contributed by atoms with Gasteiger partial charge in [-0.15, -0.1) is 0 Å². The van der Waals surface area contributed by atoms with Gasteiger partial charge in [-0.3, -0.25) is 0 Å². The number of ether oxygens (including phenoxy) is 1. The van der Waals surface area contributed by atoms with Crippen LogP contribution in [-0.2, 0) is 23.8 Å². The van der Waals surface area contributed by atoms with Gasteiger partial charge in [0.1, 0.15) is 5.75 Å². The number of benzene rings is 1. The summed E-state index contributed by atoms with van der Waals surface area (Å²) in [5.74, 6) is 1.08. The van der Waals surface area contributed by atoms with Gasteiger partial charge in [-0.1, -0.05) is 18.2 Å². The molecule has 0 spiro atoms. The van der Waals surface area contributed by atoms with E-state index < -0.39 is 0 Å². The van der Waals surface area contributed by atoms with Gasteiger partial charge >= 0.3 is 0 Å². The summed E-state index contributed by atoms with van der Waals surface area (Å²) in [5, 5.41) is 0. The molecule has 2 nitrogen and oxygen atoms in total. The molecule has 2 N–H and O–H groups in total. The van der Waals surface area contributed by atoms with Crippen LogP contribution in [-0.4, -0.2) is 12.1 Å². The topological polar surface area (TPSA) is 40.7 Å². The van der Waals surface area contributed by atoms with Crippen LogP contribution in [0, 0.1) is 0 Å². The fourth-order valence-electron chi connectivity index (χ4n) is 1.30. The van der Waals surface area contributed by atoms with Gasteiger partial charge in [0.2, 0.25) is 0 Å². The van der Waals surface area contributed by atoms with Crippen LogP contribution in [0.5, 0.6) is 5.75 Å². The number of rotatable bonds is 0. The molecule has 1 aromatic carbocycles. The van der Waals surface area contributed by atoms with Crippen LogP contribution in [0.15, 0.2) is 24.3 Å². The Morgan fingerprint density at radius 3 is 2.67 bits per heavy atom. The predicted molar refractivity (Wildman–Crippen MR) is 43.9 cm³/mol. The summed E-state index contributed by atoms with van der Waals surface area (Å²) in [5.41, 5.74) is 1.36. The third-order valence-corrected chi connectivity index (χ3v) is 1.82. The molecule has 0 saturated heterocycles. The van der Waals surface area contributed by atoms with E-state index in [4.69, 9.17) is 4.74 Å². The zero-order chi connectivity index (χ0) is 6.81. The summed E-state index contributed by atoms with van der Waals surface area (Å²) >= 11 is 0. The largest absolute Gasteiger partial charge is 0.493 e. The average Bonchev–Trinajstić information content (AvgIpc) is 2.05. The molecule has 12 heavy (non-hydrogen) atoms. The standard InChI is InChI=1S/C9H10O.Cr.H2O/c1-2-6-9-8(4-1)5-3-7-10-9;;/h1-2,4,6H,3,5,7H2;;1H2. The molecule has 0 bridgehead atoms. The average molecular weight is 204 g/mol. The van der Waals surface area contributed by atoms with Gasteiger partial charge in [-0.2, -0.15) is 0 Å². The van der Waals surface area contributed by atoms with Gasteiger partial charge in [0, 0.05) is 17.4 Å². The minimum atomic E-state index is 0. The number of hydrogen-bond acceptors (Lipinski definition) is 1. The van der Waals surface area contributed by atoms with Crippen LogP contribution in [0.25, 0.3) is 0 Å². The number of fused-ring (bicyclic) bond motifs is 1. The monoisotopic (exact) mass is 204 g/mol. The Hall–Kier alpha value is -0.488. The van der Waals surface area contributed by atoms with E-state index in [1.54, 1.807) is 0 Å². The molecular weight excluding hydrogens is 192 g/mol. The van der Waals surface area contributed by atoms with Crippen molar-refractivity contribution in [2.24, 2.45) is 0 Å². The molecule has 1 aromatic rings. The first-order valence-electron chi connectivity index (χ1n) is 3.67. The van der Waals surface area contributed by atoms with E-state index in [2.05, 4.69) is 12.1 Å². The normalized spacial score (nSPS) is 13.0. The van der Waals surface area contributed by atoms with Crippen LogP contribution < -0.4 is 4.74 Å². The van der Waals surface area contributed by atoms with E-state index in [1.165, 1.54) is 12.0 Å². The molecule has 0 aromatic heterocycles. The zero-order valence-corrected chi connectivity index (χ0v) is 8.02. The van der Waals surface area contributed by atoms with Crippen molar-refractivity contribution in [3.05, 3.63) is 29.8 Å². The fourth-order valence-corrected chi connectivity index (χ4v) is 1.30. The summed E-state index contributed by atoms with van der Waals surface area (Å²) in [7, 11) is 0. The third kappa shape index (κ3) is 2.25. The molecule has 66 valence electrons. The Morgan fingerprint density at radius 2 is 1.92 bits per heavy atom. The molecule has 1 heterocycles. The SMILES string of the molecule is O.[Cr].c1ccc2c(c1)CCCO2. The number of hydrogen-bond donors (Lipinski definition) is 0. The van der Waals surface area contributed by atoms with E-state index in [9.17, 15) is 0 Å². The second-order valence-electron chi connectivity index (χ2n) is 2.56. The van der Waals surface area contributed by atoms with Gasteiger partial charge in [0.15, 0.2) is 0 Å².